The minimum Gasteiger partial charge on any atom is -0.494 e. The van der Waals surface area contributed by atoms with Crippen LogP contribution in [0, 0.1) is 5.82 Å². The molecule has 0 radical (unpaired) electrons. The van der Waals surface area contributed by atoms with Gasteiger partial charge < -0.3 is 9.64 Å². The highest BCUT2D eigenvalue weighted by Crippen LogP contribution is 2.20. The summed E-state index contributed by atoms with van der Waals surface area (Å²) in [7, 11) is 3.05. The molecule has 8 heteroatoms. The van der Waals surface area contributed by atoms with E-state index in [0.29, 0.717) is 17.3 Å². The van der Waals surface area contributed by atoms with Crippen LogP contribution in [0.4, 0.5) is 4.39 Å². The molecule has 0 saturated heterocycles. The number of halogens is 1. The molecule has 152 valence electrons. The smallest absolute Gasteiger partial charge is 0.246 e. The highest BCUT2D eigenvalue weighted by atomic mass is 19.1. The number of ether oxygens (including phenoxy) is 1. The second-order valence-corrected chi connectivity index (χ2v) is 7.14. The zero-order valence-electron chi connectivity index (χ0n) is 17.0. The van der Waals surface area contributed by atoms with Crippen LogP contribution in [-0.4, -0.2) is 45.2 Å². The first-order chi connectivity index (χ1) is 13.9. The average Bonchev–Trinajstić information content (AvgIpc) is 3.16. The number of benzene rings is 2. The van der Waals surface area contributed by atoms with Gasteiger partial charge in [0, 0.05) is 19.2 Å². The van der Waals surface area contributed by atoms with Crippen LogP contribution in [-0.2, 0) is 17.9 Å². The second kappa shape index (κ2) is 8.81. The van der Waals surface area contributed by atoms with Crippen LogP contribution in [0.25, 0.3) is 11.4 Å². The zero-order chi connectivity index (χ0) is 21.0. The van der Waals surface area contributed by atoms with E-state index in [1.807, 2.05) is 24.3 Å². The standard InChI is InChI=1S/C21H24FN5O2/c1-14(2)16-6-8-17(9-7-16)21-23-25-27(24-21)13-20(28)26(3)12-15-5-10-19(29-4)18(22)11-15/h5-11,14H,12-13H2,1-4H3. The van der Waals surface area contributed by atoms with Gasteiger partial charge in [0.25, 0.3) is 0 Å². The van der Waals surface area contributed by atoms with Gasteiger partial charge in [0.1, 0.15) is 6.54 Å². The summed E-state index contributed by atoms with van der Waals surface area (Å²) >= 11 is 0. The molecule has 0 atom stereocenters. The van der Waals surface area contributed by atoms with Gasteiger partial charge >= 0.3 is 0 Å². The van der Waals surface area contributed by atoms with Crippen LogP contribution < -0.4 is 4.74 Å². The van der Waals surface area contributed by atoms with Crippen LogP contribution >= 0.6 is 0 Å². The number of methoxy groups -OCH3 is 1. The molecule has 1 aromatic heterocycles. The van der Waals surface area contributed by atoms with E-state index in [4.69, 9.17) is 4.74 Å². The molecule has 3 rings (SSSR count). The Balaban J connectivity index is 1.62. The Kier molecular flexibility index (Phi) is 6.21. The molecule has 0 spiro atoms. The predicted octanol–water partition coefficient (Wildman–Crippen LogP) is 3.27. The van der Waals surface area contributed by atoms with Gasteiger partial charge in [0.15, 0.2) is 11.6 Å². The number of tetrazole rings is 1. The largest absolute Gasteiger partial charge is 0.494 e. The lowest BCUT2D eigenvalue weighted by Gasteiger charge is -2.17. The summed E-state index contributed by atoms with van der Waals surface area (Å²) in [4.78, 5) is 15.2. The SMILES string of the molecule is COc1ccc(CN(C)C(=O)Cn2nnc(-c3ccc(C(C)C)cc3)n2)cc1F. The number of aromatic nitrogens is 4. The summed E-state index contributed by atoms with van der Waals surface area (Å²) in [6.45, 7) is 4.47. The summed E-state index contributed by atoms with van der Waals surface area (Å²) in [5.41, 5.74) is 2.74. The molecule has 0 saturated carbocycles. The first kappa shape index (κ1) is 20.4. The molecular weight excluding hydrogens is 373 g/mol. The molecule has 0 aliphatic rings. The summed E-state index contributed by atoms with van der Waals surface area (Å²) in [5.74, 6) is 0.411. The zero-order valence-corrected chi connectivity index (χ0v) is 17.0. The third-order valence-corrected chi connectivity index (χ3v) is 4.63. The van der Waals surface area contributed by atoms with Crippen molar-refractivity contribution in [1.82, 2.24) is 25.1 Å². The lowest BCUT2D eigenvalue weighted by molar-refractivity contribution is -0.131. The van der Waals surface area contributed by atoms with Gasteiger partial charge in [-0.25, -0.2) is 4.39 Å². The van der Waals surface area contributed by atoms with Crippen LogP contribution in [0.3, 0.4) is 0 Å². The molecule has 0 aliphatic carbocycles. The molecule has 0 N–H and O–H groups in total. The molecular formula is C21H24FN5O2. The third kappa shape index (κ3) is 4.96. The van der Waals surface area contributed by atoms with Crippen molar-refractivity contribution in [2.45, 2.75) is 32.9 Å². The first-order valence-corrected chi connectivity index (χ1v) is 9.32. The second-order valence-electron chi connectivity index (χ2n) is 7.14. The molecule has 0 bridgehead atoms. The van der Waals surface area contributed by atoms with E-state index in [9.17, 15) is 9.18 Å². The molecule has 0 fully saturated rings. The van der Waals surface area contributed by atoms with Crippen LogP contribution in [0.5, 0.6) is 5.75 Å². The van der Waals surface area contributed by atoms with E-state index in [-0.39, 0.29) is 24.7 Å². The Hall–Kier alpha value is -3.29. The van der Waals surface area contributed by atoms with Crippen molar-refractivity contribution in [2.75, 3.05) is 14.2 Å². The van der Waals surface area contributed by atoms with Gasteiger partial charge in [0.2, 0.25) is 11.7 Å². The molecule has 7 nitrogen and oxygen atoms in total. The average molecular weight is 397 g/mol. The quantitative estimate of drug-likeness (QED) is 0.612. The maximum atomic E-state index is 13.8. The number of hydrogen-bond acceptors (Lipinski definition) is 5. The lowest BCUT2D eigenvalue weighted by Crippen LogP contribution is -2.30. The molecule has 1 heterocycles. The van der Waals surface area contributed by atoms with E-state index in [1.54, 1.807) is 19.2 Å². The van der Waals surface area contributed by atoms with E-state index >= 15 is 0 Å². The minimum absolute atomic E-state index is 0.0494. The monoisotopic (exact) mass is 397 g/mol. The van der Waals surface area contributed by atoms with Crippen LogP contribution in [0.1, 0.15) is 30.9 Å². The van der Waals surface area contributed by atoms with E-state index in [1.165, 1.54) is 28.4 Å². The number of rotatable bonds is 7. The molecule has 3 aromatic rings. The van der Waals surface area contributed by atoms with E-state index < -0.39 is 5.82 Å². The number of hydrogen-bond donors (Lipinski definition) is 0. The van der Waals surface area contributed by atoms with Crippen molar-refractivity contribution >= 4 is 5.91 Å². The van der Waals surface area contributed by atoms with Gasteiger partial charge in [-0.05, 0) is 34.4 Å². The first-order valence-electron chi connectivity index (χ1n) is 9.32. The fourth-order valence-electron chi connectivity index (χ4n) is 2.85. The molecule has 0 unspecified atom stereocenters. The Morgan fingerprint density at radius 2 is 1.93 bits per heavy atom. The van der Waals surface area contributed by atoms with Crippen molar-refractivity contribution in [3.8, 4) is 17.1 Å². The summed E-state index contributed by atoms with van der Waals surface area (Å²) in [5, 5.41) is 12.3. The van der Waals surface area contributed by atoms with Gasteiger partial charge in [-0.3, -0.25) is 4.79 Å². The molecule has 1 amide bonds. The fraction of sp³-hybridized carbons (Fsp3) is 0.333. The number of likely N-dealkylation sites (N-methyl/N-ethyl adjacent to an activating group) is 1. The highest BCUT2D eigenvalue weighted by molar-refractivity contribution is 5.75. The Bertz CT molecular complexity index is 985. The third-order valence-electron chi connectivity index (χ3n) is 4.63. The topological polar surface area (TPSA) is 73.1 Å². The number of carbonyl (C=O) groups is 1. The fourth-order valence-corrected chi connectivity index (χ4v) is 2.85. The van der Waals surface area contributed by atoms with Crippen molar-refractivity contribution in [1.29, 1.82) is 0 Å². The van der Waals surface area contributed by atoms with E-state index in [0.717, 1.165) is 5.56 Å². The normalized spacial score (nSPS) is 11.0. The minimum atomic E-state index is -0.461. The van der Waals surface area contributed by atoms with E-state index in [2.05, 4.69) is 29.3 Å². The number of amides is 1. The summed E-state index contributed by atoms with van der Waals surface area (Å²) in [6.07, 6.45) is 0. The summed E-state index contributed by atoms with van der Waals surface area (Å²) < 4.78 is 18.7. The maximum Gasteiger partial charge on any atom is 0.246 e. The predicted molar refractivity (Wildman–Crippen MR) is 107 cm³/mol. The molecule has 0 aliphatic heterocycles. The molecule has 29 heavy (non-hydrogen) atoms. The van der Waals surface area contributed by atoms with Crippen LogP contribution in [0.15, 0.2) is 42.5 Å². The Labute approximate surface area is 169 Å². The highest BCUT2D eigenvalue weighted by Gasteiger charge is 2.14. The Morgan fingerprint density at radius 3 is 2.55 bits per heavy atom. The van der Waals surface area contributed by atoms with Crippen LogP contribution in [0.2, 0.25) is 0 Å². The molecule has 2 aromatic carbocycles. The lowest BCUT2D eigenvalue weighted by atomic mass is 10.0. The van der Waals surface area contributed by atoms with Gasteiger partial charge in [-0.2, -0.15) is 4.80 Å². The Morgan fingerprint density at radius 1 is 1.21 bits per heavy atom. The van der Waals surface area contributed by atoms with Crippen molar-refractivity contribution in [2.24, 2.45) is 0 Å². The number of nitrogens with zero attached hydrogens (tertiary/aromatic N) is 5. The van der Waals surface area contributed by atoms with Crippen molar-refractivity contribution in [3.05, 3.63) is 59.4 Å². The van der Waals surface area contributed by atoms with Gasteiger partial charge in [-0.1, -0.05) is 44.2 Å². The van der Waals surface area contributed by atoms with Crippen molar-refractivity contribution < 1.29 is 13.9 Å². The maximum absolute atomic E-state index is 13.8. The summed E-state index contributed by atoms with van der Waals surface area (Å²) in [6, 6.07) is 12.6. The van der Waals surface area contributed by atoms with Gasteiger partial charge in [0.05, 0.1) is 7.11 Å². The van der Waals surface area contributed by atoms with Crippen molar-refractivity contribution in [3.63, 3.8) is 0 Å². The number of carbonyl (C=O) groups excluding carboxylic acids is 1. The van der Waals surface area contributed by atoms with Gasteiger partial charge in [-0.15, -0.1) is 10.2 Å².